The van der Waals surface area contributed by atoms with Crippen LogP contribution in [0.3, 0.4) is 0 Å². The summed E-state index contributed by atoms with van der Waals surface area (Å²) in [5, 5.41) is 5.48. The van der Waals surface area contributed by atoms with Gasteiger partial charge in [0, 0.05) is 22.4 Å². The SMILES string of the molecule is COc1cc(CNCc2sccc2Br)cc(OC)c1OC. The zero-order valence-corrected chi connectivity index (χ0v) is 14.6. The molecular weight excluding hydrogens is 354 g/mol. The van der Waals surface area contributed by atoms with Crippen LogP contribution < -0.4 is 19.5 Å². The van der Waals surface area contributed by atoms with Gasteiger partial charge in [-0.25, -0.2) is 0 Å². The van der Waals surface area contributed by atoms with Crippen molar-refractivity contribution < 1.29 is 14.2 Å². The molecule has 1 aromatic carbocycles. The maximum atomic E-state index is 5.35. The highest BCUT2D eigenvalue weighted by molar-refractivity contribution is 9.10. The van der Waals surface area contributed by atoms with E-state index < -0.39 is 0 Å². The molecule has 4 nitrogen and oxygen atoms in total. The molecule has 0 amide bonds. The fourth-order valence-electron chi connectivity index (χ4n) is 2.01. The van der Waals surface area contributed by atoms with Gasteiger partial charge in [0.1, 0.15) is 0 Å². The molecule has 0 aliphatic carbocycles. The van der Waals surface area contributed by atoms with Crippen LogP contribution in [0.4, 0.5) is 0 Å². The van der Waals surface area contributed by atoms with Crippen LogP contribution in [0.5, 0.6) is 17.2 Å². The van der Waals surface area contributed by atoms with Gasteiger partial charge in [0.15, 0.2) is 11.5 Å². The Kier molecular flexibility index (Phi) is 5.90. The monoisotopic (exact) mass is 371 g/mol. The van der Waals surface area contributed by atoms with Crippen molar-refractivity contribution in [3.05, 3.63) is 38.5 Å². The molecule has 1 aromatic heterocycles. The first-order chi connectivity index (χ1) is 10.2. The standard InChI is InChI=1S/C15H18BrNO3S/c1-18-12-6-10(7-13(19-2)15(12)20-3)8-17-9-14-11(16)4-5-21-14/h4-7,17H,8-9H2,1-3H3. The second kappa shape index (κ2) is 7.68. The lowest BCUT2D eigenvalue weighted by atomic mass is 10.1. The molecule has 0 radical (unpaired) electrons. The summed E-state index contributed by atoms with van der Waals surface area (Å²) in [5.74, 6) is 1.96. The van der Waals surface area contributed by atoms with Gasteiger partial charge in [-0.2, -0.15) is 0 Å². The lowest BCUT2D eigenvalue weighted by Gasteiger charge is -2.14. The van der Waals surface area contributed by atoms with Crippen LogP contribution in [-0.2, 0) is 13.1 Å². The summed E-state index contributed by atoms with van der Waals surface area (Å²) in [6.07, 6.45) is 0. The van der Waals surface area contributed by atoms with Gasteiger partial charge < -0.3 is 19.5 Å². The first kappa shape index (κ1) is 16.1. The maximum absolute atomic E-state index is 5.35. The molecule has 0 bridgehead atoms. The number of hydrogen-bond donors (Lipinski definition) is 1. The van der Waals surface area contributed by atoms with Crippen LogP contribution in [0.25, 0.3) is 0 Å². The first-order valence-electron chi connectivity index (χ1n) is 6.41. The Morgan fingerprint density at radius 2 is 1.71 bits per heavy atom. The Morgan fingerprint density at radius 1 is 1.05 bits per heavy atom. The number of thiophene rings is 1. The van der Waals surface area contributed by atoms with Crippen molar-refractivity contribution >= 4 is 27.3 Å². The normalized spacial score (nSPS) is 10.5. The largest absolute Gasteiger partial charge is 0.493 e. The third-order valence-corrected chi connectivity index (χ3v) is 4.96. The minimum absolute atomic E-state index is 0.616. The molecule has 2 rings (SSSR count). The van der Waals surface area contributed by atoms with Crippen LogP contribution in [-0.4, -0.2) is 21.3 Å². The Bertz CT molecular complexity index is 575. The van der Waals surface area contributed by atoms with Crippen molar-refractivity contribution in [1.29, 1.82) is 0 Å². The molecule has 0 atom stereocenters. The van der Waals surface area contributed by atoms with E-state index in [-0.39, 0.29) is 0 Å². The minimum atomic E-state index is 0.616. The number of benzene rings is 1. The zero-order chi connectivity index (χ0) is 15.2. The van der Waals surface area contributed by atoms with Crippen molar-refractivity contribution in [2.75, 3.05) is 21.3 Å². The average molecular weight is 372 g/mol. The molecule has 0 aliphatic rings. The number of hydrogen-bond acceptors (Lipinski definition) is 5. The van der Waals surface area contributed by atoms with Crippen molar-refractivity contribution in [1.82, 2.24) is 5.32 Å². The predicted octanol–water partition coefficient (Wildman–Crippen LogP) is 3.83. The molecule has 0 fully saturated rings. The van der Waals surface area contributed by atoms with Gasteiger partial charge in [0.25, 0.3) is 0 Å². The molecule has 0 unspecified atom stereocenters. The third kappa shape index (κ3) is 3.90. The number of rotatable bonds is 7. The Labute approximate surface area is 137 Å². The second-order valence-corrected chi connectivity index (χ2v) is 6.18. The van der Waals surface area contributed by atoms with E-state index >= 15 is 0 Å². The molecular formula is C15H18BrNO3S. The van der Waals surface area contributed by atoms with E-state index in [1.54, 1.807) is 32.7 Å². The molecule has 0 saturated carbocycles. The van der Waals surface area contributed by atoms with Crippen molar-refractivity contribution in [3.63, 3.8) is 0 Å². The number of methoxy groups -OCH3 is 3. The highest BCUT2D eigenvalue weighted by Crippen LogP contribution is 2.38. The third-order valence-electron chi connectivity index (χ3n) is 3.03. The van der Waals surface area contributed by atoms with Gasteiger partial charge in [-0.15, -0.1) is 11.3 Å². The first-order valence-corrected chi connectivity index (χ1v) is 8.08. The Hall–Kier alpha value is -1.24. The highest BCUT2D eigenvalue weighted by Gasteiger charge is 2.13. The van der Waals surface area contributed by atoms with Gasteiger partial charge in [0.2, 0.25) is 5.75 Å². The van der Waals surface area contributed by atoms with E-state index in [1.165, 1.54) is 4.88 Å². The van der Waals surface area contributed by atoms with Gasteiger partial charge in [-0.3, -0.25) is 0 Å². The maximum Gasteiger partial charge on any atom is 0.203 e. The number of nitrogens with one attached hydrogen (secondary N) is 1. The molecule has 0 spiro atoms. The van der Waals surface area contributed by atoms with Crippen molar-refractivity contribution in [3.8, 4) is 17.2 Å². The molecule has 21 heavy (non-hydrogen) atoms. The lowest BCUT2D eigenvalue weighted by molar-refractivity contribution is 0.323. The van der Waals surface area contributed by atoms with E-state index in [0.29, 0.717) is 17.2 Å². The van der Waals surface area contributed by atoms with Crippen LogP contribution in [0.2, 0.25) is 0 Å². The molecule has 1 N–H and O–H groups in total. The fraction of sp³-hybridized carbons (Fsp3) is 0.333. The highest BCUT2D eigenvalue weighted by atomic mass is 79.9. The summed E-state index contributed by atoms with van der Waals surface area (Å²) in [6.45, 7) is 1.54. The Morgan fingerprint density at radius 3 is 2.19 bits per heavy atom. The van der Waals surface area contributed by atoms with Gasteiger partial charge in [-0.05, 0) is 45.1 Å². The summed E-state index contributed by atoms with van der Waals surface area (Å²) in [7, 11) is 4.85. The summed E-state index contributed by atoms with van der Waals surface area (Å²) in [4.78, 5) is 1.28. The van der Waals surface area contributed by atoms with Crippen LogP contribution in [0.1, 0.15) is 10.4 Å². The van der Waals surface area contributed by atoms with E-state index in [0.717, 1.165) is 23.1 Å². The minimum Gasteiger partial charge on any atom is -0.493 e. The van der Waals surface area contributed by atoms with E-state index in [2.05, 4.69) is 32.7 Å². The number of halogens is 1. The van der Waals surface area contributed by atoms with Crippen LogP contribution >= 0.6 is 27.3 Å². The summed E-state index contributed by atoms with van der Waals surface area (Å²) in [6, 6.07) is 5.97. The van der Waals surface area contributed by atoms with E-state index in [1.807, 2.05) is 12.1 Å². The van der Waals surface area contributed by atoms with Gasteiger partial charge >= 0.3 is 0 Å². The summed E-state index contributed by atoms with van der Waals surface area (Å²) >= 11 is 5.26. The molecule has 2 aromatic rings. The molecule has 1 heterocycles. The second-order valence-electron chi connectivity index (χ2n) is 4.33. The molecule has 114 valence electrons. The topological polar surface area (TPSA) is 39.7 Å². The van der Waals surface area contributed by atoms with E-state index in [9.17, 15) is 0 Å². The Balaban J connectivity index is 2.08. The molecule has 6 heteroatoms. The van der Waals surface area contributed by atoms with Crippen LogP contribution in [0, 0.1) is 0 Å². The average Bonchev–Trinajstić information content (AvgIpc) is 2.91. The van der Waals surface area contributed by atoms with Gasteiger partial charge in [0.05, 0.1) is 21.3 Å². The molecule has 0 saturated heterocycles. The molecule has 0 aliphatic heterocycles. The lowest BCUT2D eigenvalue weighted by Crippen LogP contribution is -2.12. The van der Waals surface area contributed by atoms with Crippen LogP contribution in [0.15, 0.2) is 28.1 Å². The number of ether oxygens (including phenoxy) is 3. The zero-order valence-electron chi connectivity index (χ0n) is 12.2. The van der Waals surface area contributed by atoms with Crippen molar-refractivity contribution in [2.24, 2.45) is 0 Å². The fourth-order valence-corrected chi connectivity index (χ4v) is 3.47. The van der Waals surface area contributed by atoms with E-state index in [4.69, 9.17) is 14.2 Å². The summed E-state index contributed by atoms with van der Waals surface area (Å²) in [5.41, 5.74) is 1.08. The predicted molar refractivity (Wildman–Crippen MR) is 88.7 cm³/mol. The smallest absolute Gasteiger partial charge is 0.203 e. The van der Waals surface area contributed by atoms with Gasteiger partial charge in [-0.1, -0.05) is 0 Å². The summed E-state index contributed by atoms with van der Waals surface area (Å²) < 4.78 is 17.2. The van der Waals surface area contributed by atoms with Crippen molar-refractivity contribution in [2.45, 2.75) is 13.1 Å². The quantitative estimate of drug-likeness (QED) is 0.802.